The minimum atomic E-state index is 0.0693. The number of furan rings is 1. The summed E-state index contributed by atoms with van der Waals surface area (Å²) in [6.07, 6.45) is 15.8. The molecule has 0 radical (unpaired) electrons. The van der Waals surface area contributed by atoms with Crippen molar-refractivity contribution in [2.75, 3.05) is 4.90 Å². The van der Waals surface area contributed by atoms with Crippen molar-refractivity contribution in [3.05, 3.63) is 138 Å². The molecule has 0 bridgehead atoms. The fourth-order valence-electron chi connectivity index (χ4n) is 8.57. The fraction of sp³-hybridized carbons (Fsp3) is 0.318. The number of rotatable bonds is 6. The summed E-state index contributed by atoms with van der Waals surface area (Å²) in [5.41, 5.74) is 9.82. The van der Waals surface area contributed by atoms with E-state index in [1.54, 1.807) is 0 Å². The van der Waals surface area contributed by atoms with Gasteiger partial charge in [0.15, 0.2) is 0 Å². The predicted molar refractivity (Wildman–Crippen MR) is 194 cm³/mol. The Labute approximate surface area is 274 Å². The Bertz CT molecular complexity index is 1890. The molecule has 0 atom stereocenters. The number of benzene rings is 5. The van der Waals surface area contributed by atoms with E-state index in [4.69, 9.17) is 4.42 Å². The molecule has 0 unspecified atom stereocenters. The third-order valence-corrected chi connectivity index (χ3v) is 11.1. The first-order valence-electron chi connectivity index (χ1n) is 17.8. The van der Waals surface area contributed by atoms with Gasteiger partial charge in [0.25, 0.3) is 0 Å². The maximum absolute atomic E-state index is 6.37. The van der Waals surface area contributed by atoms with Crippen molar-refractivity contribution < 1.29 is 4.42 Å². The maximum atomic E-state index is 6.37. The Kier molecular flexibility index (Phi) is 8.13. The SMILES string of the molecule is c1ccc(C2(c3ccc(N(c4ccc(C5CCCCC5)cc4)c4ccc5c(c4)oc4ccccc45)cc3)CCCCCCC2)cc1. The van der Waals surface area contributed by atoms with Crippen molar-refractivity contribution in [1.29, 1.82) is 0 Å². The molecule has 1 heterocycles. The van der Waals surface area contributed by atoms with Crippen LogP contribution in [0.5, 0.6) is 0 Å². The van der Waals surface area contributed by atoms with Crippen LogP contribution in [-0.4, -0.2) is 0 Å². The molecule has 2 fully saturated rings. The maximum Gasteiger partial charge on any atom is 0.137 e. The summed E-state index contributed by atoms with van der Waals surface area (Å²) in [5.74, 6) is 0.695. The quantitative estimate of drug-likeness (QED) is 0.188. The van der Waals surface area contributed by atoms with Gasteiger partial charge < -0.3 is 9.32 Å². The Morgan fingerprint density at radius 3 is 1.78 bits per heavy atom. The molecule has 1 aromatic heterocycles. The molecular formula is C44H45NO. The molecule has 5 aromatic carbocycles. The highest BCUT2D eigenvalue weighted by Crippen LogP contribution is 2.45. The zero-order valence-electron chi connectivity index (χ0n) is 27.0. The van der Waals surface area contributed by atoms with Gasteiger partial charge in [0.2, 0.25) is 0 Å². The van der Waals surface area contributed by atoms with Gasteiger partial charge in [0.1, 0.15) is 11.2 Å². The van der Waals surface area contributed by atoms with Gasteiger partial charge in [-0.3, -0.25) is 0 Å². The van der Waals surface area contributed by atoms with E-state index in [1.807, 2.05) is 6.07 Å². The average Bonchev–Trinajstić information content (AvgIpc) is 3.48. The number of hydrogen-bond acceptors (Lipinski definition) is 2. The summed E-state index contributed by atoms with van der Waals surface area (Å²) in [6.45, 7) is 0. The molecule has 0 saturated heterocycles. The Morgan fingerprint density at radius 1 is 0.478 bits per heavy atom. The number of fused-ring (bicyclic) bond motifs is 3. The van der Waals surface area contributed by atoms with E-state index >= 15 is 0 Å². The van der Waals surface area contributed by atoms with Crippen LogP contribution in [-0.2, 0) is 5.41 Å². The first-order chi connectivity index (χ1) is 22.8. The fourth-order valence-corrected chi connectivity index (χ4v) is 8.57. The first kappa shape index (κ1) is 29.1. The van der Waals surface area contributed by atoms with Crippen LogP contribution < -0.4 is 4.90 Å². The van der Waals surface area contributed by atoms with E-state index in [0.29, 0.717) is 5.92 Å². The molecule has 6 aromatic rings. The second-order valence-electron chi connectivity index (χ2n) is 13.8. The van der Waals surface area contributed by atoms with E-state index < -0.39 is 0 Å². The first-order valence-corrected chi connectivity index (χ1v) is 17.8. The van der Waals surface area contributed by atoms with E-state index in [0.717, 1.165) is 22.2 Å². The lowest BCUT2D eigenvalue weighted by molar-refractivity contribution is 0.366. The highest BCUT2D eigenvalue weighted by atomic mass is 16.3. The lowest BCUT2D eigenvalue weighted by Gasteiger charge is -2.37. The number of hydrogen-bond donors (Lipinski definition) is 0. The smallest absolute Gasteiger partial charge is 0.137 e. The van der Waals surface area contributed by atoms with Crippen LogP contribution in [0.4, 0.5) is 17.1 Å². The number of anilines is 3. The van der Waals surface area contributed by atoms with Gasteiger partial charge in [0.05, 0.1) is 0 Å². The highest BCUT2D eigenvalue weighted by molar-refractivity contribution is 6.06. The zero-order chi connectivity index (χ0) is 30.8. The predicted octanol–water partition coefficient (Wildman–Crippen LogP) is 13.1. The van der Waals surface area contributed by atoms with Crippen molar-refractivity contribution in [2.24, 2.45) is 0 Å². The lowest BCUT2D eigenvalue weighted by atomic mass is 9.67. The second-order valence-corrected chi connectivity index (χ2v) is 13.8. The van der Waals surface area contributed by atoms with Gasteiger partial charge in [-0.05, 0) is 90.8 Å². The molecule has 2 aliphatic carbocycles. The van der Waals surface area contributed by atoms with Crippen LogP contribution in [0.2, 0.25) is 0 Å². The molecule has 2 nitrogen and oxygen atoms in total. The van der Waals surface area contributed by atoms with Crippen molar-refractivity contribution in [3.8, 4) is 0 Å². The van der Waals surface area contributed by atoms with Gasteiger partial charge in [-0.2, -0.15) is 0 Å². The van der Waals surface area contributed by atoms with Crippen LogP contribution in [0.1, 0.15) is 99.7 Å². The van der Waals surface area contributed by atoms with E-state index in [-0.39, 0.29) is 5.41 Å². The molecule has 2 aliphatic rings. The van der Waals surface area contributed by atoms with E-state index in [2.05, 4.69) is 120 Å². The number of nitrogens with zero attached hydrogens (tertiary/aromatic N) is 1. The standard InChI is InChI=1S/C44H45NO/c1-2-12-30-44(31-13-3-1,35-16-8-5-9-17-35)36-22-26-38(27-23-36)45(37-24-20-34(21-25-37)33-14-6-4-7-15-33)39-28-29-41-40-18-10-11-19-42(40)46-43(41)32-39/h5,8-11,16-29,32-33H,1-4,6-7,12-15,30-31H2. The normalized spacial score (nSPS) is 17.5. The molecule has 232 valence electrons. The molecule has 0 spiro atoms. The van der Waals surface area contributed by atoms with Crippen molar-refractivity contribution in [3.63, 3.8) is 0 Å². The van der Waals surface area contributed by atoms with Crippen LogP contribution in [0.25, 0.3) is 21.9 Å². The molecule has 0 aliphatic heterocycles. The molecule has 0 amide bonds. The van der Waals surface area contributed by atoms with Crippen LogP contribution in [0, 0.1) is 0 Å². The summed E-state index contributed by atoms with van der Waals surface area (Å²) >= 11 is 0. The molecular weight excluding hydrogens is 558 g/mol. The lowest BCUT2D eigenvalue weighted by Crippen LogP contribution is -2.29. The molecule has 2 saturated carbocycles. The third kappa shape index (κ3) is 5.53. The van der Waals surface area contributed by atoms with Crippen molar-refractivity contribution in [1.82, 2.24) is 0 Å². The Hall–Kier alpha value is -4.30. The third-order valence-electron chi connectivity index (χ3n) is 11.1. The van der Waals surface area contributed by atoms with Crippen LogP contribution in [0.15, 0.2) is 126 Å². The van der Waals surface area contributed by atoms with Gasteiger partial charge in [-0.1, -0.05) is 124 Å². The van der Waals surface area contributed by atoms with E-state index in [1.165, 1.54) is 111 Å². The summed E-state index contributed by atoms with van der Waals surface area (Å²) in [7, 11) is 0. The van der Waals surface area contributed by atoms with Gasteiger partial charge in [-0.15, -0.1) is 0 Å². The largest absolute Gasteiger partial charge is 0.456 e. The molecule has 46 heavy (non-hydrogen) atoms. The topological polar surface area (TPSA) is 16.4 Å². The minimum Gasteiger partial charge on any atom is -0.456 e. The highest BCUT2D eigenvalue weighted by Gasteiger charge is 2.34. The monoisotopic (exact) mass is 603 g/mol. The van der Waals surface area contributed by atoms with Crippen LogP contribution >= 0.6 is 0 Å². The Morgan fingerprint density at radius 2 is 1.04 bits per heavy atom. The molecule has 8 rings (SSSR count). The minimum absolute atomic E-state index is 0.0693. The van der Waals surface area contributed by atoms with Gasteiger partial charge in [-0.25, -0.2) is 0 Å². The van der Waals surface area contributed by atoms with Crippen molar-refractivity contribution in [2.45, 2.75) is 88.4 Å². The second kappa shape index (κ2) is 12.8. The summed E-state index contributed by atoms with van der Waals surface area (Å²) in [4.78, 5) is 2.41. The zero-order valence-corrected chi connectivity index (χ0v) is 27.0. The van der Waals surface area contributed by atoms with Gasteiger partial charge >= 0.3 is 0 Å². The molecule has 2 heteroatoms. The summed E-state index contributed by atoms with van der Waals surface area (Å²) in [6, 6.07) is 45.4. The Balaban J connectivity index is 1.21. The van der Waals surface area contributed by atoms with Gasteiger partial charge in [0, 0.05) is 39.3 Å². The van der Waals surface area contributed by atoms with E-state index in [9.17, 15) is 0 Å². The average molecular weight is 604 g/mol. The summed E-state index contributed by atoms with van der Waals surface area (Å²) < 4.78 is 6.37. The van der Waals surface area contributed by atoms with Crippen molar-refractivity contribution >= 4 is 39.0 Å². The van der Waals surface area contributed by atoms with Crippen LogP contribution in [0.3, 0.4) is 0 Å². The number of para-hydroxylation sites is 1. The molecule has 0 N–H and O–H groups in total. The summed E-state index contributed by atoms with van der Waals surface area (Å²) in [5, 5.41) is 2.33.